The van der Waals surface area contributed by atoms with Crippen LogP contribution in [0.4, 0.5) is 24.0 Å². The van der Waals surface area contributed by atoms with E-state index in [9.17, 15) is 18.0 Å². The fourth-order valence-corrected chi connectivity index (χ4v) is 5.20. The zero-order chi connectivity index (χ0) is 34.4. The smallest absolute Gasteiger partial charge is 1.00 e. The summed E-state index contributed by atoms with van der Waals surface area (Å²) >= 11 is 9.14. The molecule has 6 nitrogen and oxygen atoms in total. The Morgan fingerprint density at radius 2 is 1.59 bits per heavy atom. The Morgan fingerprint density at radius 1 is 0.959 bits per heavy atom. The van der Waals surface area contributed by atoms with Gasteiger partial charge in [0.15, 0.2) is 10.9 Å². The van der Waals surface area contributed by atoms with Crippen LogP contribution in [0, 0.1) is 29.6 Å². The van der Waals surface area contributed by atoms with Crippen molar-refractivity contribution in [3.05, 3.63) is 136 Å². The fraction of sp³-hybridized carbons (Fsp3) is 0.114. The summed E-state index contributed by atoms with van der Waals surface area (Å²) in [4.78, 5) is 16.0. The van der Waals surface area contributed by atoms with E-state index in [0.717, 1.165) is 17.7 Å². The molecule has 5 rings (SSSR count). The van der Waals surface area contributed by atoms with E-state index in [-0.39, 0.29) is 61.9 Å². The molecule has 0 bridgehead atoms. The number of nitrogens with one attached hydrogen (secondary N) is 1. The summed E-state index contributed by atoms with van der Waals surface area (Å²) < 4.78 is 38.2. The number of nitrogens with zero attached hydrogens (tertiary/aromatic N) is 3. The van der Waals surface area contributed by atoms with E-state index in [4.69, 9.17) is 28.5 Å². The van der Waals surface area contributed by atoms with Crippen LogP contribution in [0.15, 0.2) is 102 Å². The molecule has 0 fully saturated rings. The van der Waals surface area contributed by atoms with Gasteiger partial charge in [-0.05, 0) is 55.0 Å². The van der Waals surface area contributed by atoms with Crippen LogP contribution in [0.5, 0.6) is 0 Å². The van der Waals surface area contributed by atoms with Gasteiger partial charge in [0.25, 0.3) is 0 Å². The maximum absolute atomic E-state index is 12.7. The average molecular weight is 793 g/mol. The maximum atomic E-state index is 12.7. The second-order valence-corrected chi connectivity index (χ2v) is 11.8. The molecule has 0 amide bonds. The third-order valence-corrected chi connectivity index (χ3v) is 7.54. The molecule has 0 aliphatic carbocycles. The van der Waals surface area contributed by atoms with E-state index in [1.165, 1.54) is 28.5 Å². The molecule has 0 aliphatic rings. The van der Waals surface area contributed by atoms with Crippen molar-refractivity contribution in [2.75, 3.05) is 10.6 Å². The van der Waals surface area contributed by atoms with Crippen molar-refractivity contribution in [2.45, 2.75) is 19.5 Å². The van der Waals surface area contributed by atoms with Crippen LogP contribution in [0.3, 0.4) is 0 Å². The number of thiocarbonyl (C=S) groups is 1. The Kier molecular flexibility index (Phi) is 19.4. The molecule has 246 valence electrons. The number of thiazole rings is 1. The number of halogens is 5. The fourth-order valence-electron chi connectivity index (χ4n) is 3.97. The monoisotopic (exact) mass is 791 g/mol. The zero-order valence-electron chi connectivity index (χ0n) is 26.3. The summed E-state index contributed by atoms with van der Waals surface area (Å²) in [6.45, 7) is 2.06. The van der Waals surface area contributed by atoms with Crippen molar-refractivity contribution in [3.8, 4) is 23.4 Å². The van der Waals surface area contributed by atoms with Gasteiger partial charge in [-0.1, -0.05) is 88.3 Å². The van der Waals surface area contributed by atoms with Crippen molar-refractivity contribution in [1.82, 2.24) is 4.98 Å². The van der Waals surface area contributed by atoms with Gasteiger partial charge in [0.05, 0.1) is 44.8 Å². The van der Waals surface area contributed by atoms with E-state index in [0.29, 0.717) is 49.9 Å². The number of hydrogen-bond donors (Lipinski definition) is 2. The van der Waals surface area contributed by atoms with Crippen molar-refractivity contribution in [1.29, 1.82) is 10.5 Å². The SMILES string of the molecule is Cc1cccc(CC(N)=S)c1.N#Cc1cccc(-c2csc(Nc3cccc(C(F)(F)F)c3)n2)c1.N#Cc1cccc(C(=O)CBr)c1.[F-].[K+]. The quantitative estimate of drug-likeness (QED) is 0.0855. The first-order valence-corrected chi connectivity index (χ1v) is 16.2. The molecule has 1 aromatic heterocycles. The van der Waals surface area contributed by atoms with Crippen molar-refractivity contribution >= 4 is 61.1 Å². The number of carbonyl (C=O) groups is 1. The molecule has 0 saturated carbocycles. The standard InChI is InChI=1S/C17H10F3N3S.C9H6BrNO.C9H11NS.FH.K/c18-17(19,20)13-5-2-6-14(8-13)22-16-23-15(10-24-16)12-4-1-3-11(7-12)9-21;10-5-9(12)8-3-1-2-7(4-8)6-11;1-7-3-2-4-8(5-7)6-9(10)11;;/h1-8,10H,(H,22,23);1-4H,5H2;2-5H,6H2,1H3,(H2,10,11);1H;/q;;;;+1/p-1. The van der Waals surface area contributed by atoms with Gasteiger partial charge in [-0.15, -0.1) is 11.3 Å². The summed E-state index contributed by atoms with van der Waals surface area (Å²) in [5.41, 5.74) is 10.5. The first-order valence-electron chi connectivity index (χ1n) is 13.8. The van der Waals surface area contributed by atoms with E-state index >= 15 is 0 Å². The first-order chi connectivity index (χ1) is 22.4. The number of alkyl halides is 4. The van der Waals surface area contributed by atoms with Crippen LogP contribution >= 0.6 is 39.5 Å². The molecule has 49 heavy (non-hydrogen) atoms. The van der Waals surface area contributed by atoms with Gasteiger partial charge in [0.1, 0.15) is 0 Å². The Hall–Kier alpha value is -3.31. The average Bonchev–Trinajstić information content (AvgIpc) is 3.53. The number of benzene rings is 4. The number of nitriles is 2. The van der Waals surface area contributed by atoms with Gasteiger partial charge in [-0.2, -0.15) is 23.7 Å². The van der Waals surface area contributed by atoms with Crippen molar-refractivity contribution in [2.24, 2.45) is 5.73 Å². The van der Waals surface area contributed by atoms with E-state index in [1.54, 1.807) is 53.9 Å². The Bertz CT molecular complexity index is 1940. The molecule has 1 heterocycles. The number of ketones is 1. The molecular weight excluding hydrogens is 766 g/mol. The second kappa shape index (κ2) is 21.7. The summed E-state index contributed by atoms with van der Waals surface area (Å²) in [5.74, 6) is -0.00731. The van der Waals surface area contributed by atoms with Crippen molar-refractivity contribution < 1.29 is 74.1 Å². The van der Waals surface area contributed by atoms with Crippen LogP contribution in [0.25, 0.3) is 11.3 Å². The maximum Gasteiger partial charge on any atom is 1.00 e. The molecule has 4 aromatic carbocycles. The summed E-state index contributed by atoms with van der Waals surface area (Å²) in [7, 11) is 0. The van der Waals surface area contributed by atoms with Gasteiger partial charge >= 0.3 is 57.6 Å². The zero-order valence-corrected chi connectivity index (χ0v) is 32.6. The minimum absolute atomic E-state index is 0. The molecular formula is C35H27BrF4KN5OS2. The van der Waals surface area contributed by atoms with Gasteiger partial charge in [-0.25, -0.2) is 4.98 Å². The minimum Gasteiger partial charge on any atom is -1.00 e. The molecule has 14 heteroatoms. The first kappa shape index (κ1) is 43.7. The Labute approximate surface area is 342 Å². The Morgan fingerprint density at radius 3 is 2.20 bits per heavy atom. The van der Waals surface area contributed by atoms with Crippen molar-refractivity contribution in [3.63, 3.8) is 0 Å². The molecule has 0 aliphatic heterocycles. The van der Waals surface area contributed by atoms with Gasteiger partial charge in [0.2, 0.25) is 0 Å². The van der Waals surface area contributed by atoms with Gasteiger partial charge in [-0.3, -0.25) is 4.79 Å². The number of nitrogens with two attached hydrogens (primary N) is 1. The number of hydrogen-bond acceptors (Lipinski definition) is 7. The third kappa shape index (κ3) is 15.0. The molecule has 0 saturated heterocycles. The van der Waals surface area contributed by atoms with Gasteiger partial charge < -0.3 is 15.8 Å². The largest absolute Gasteiger partial charge is 1.00 e. The molecule has 3 N–H and O–H groups in total. The number of anilines is 2. The number of aryl methyl sites for hydroxylation is 1. The number of carbonyl (C=O) groups excluding carboxylic acids is 1. The van der Waals surface area contributed by atoms with Crippen LogP contribution in [0.2, 0.25) is 0 Å². The molecule has 0 atom stereocenters. The summed E-state index contributed by atoms with van der Waals surface area (Å²) in [6, 6.07) is 30.8. The Balaban J connectivity index is 0.000000405. The van der Waals surface area contributed by atoms with Crippen LogP contribution in [0.1, 0.15) is 38.2 Å². The molecule has 0 spiro atoms. The summed E-state index contributed by atoms with van der Waals surface area (Å²) in [5, 5.41) is 22.9. The van der Waals surface area contributed by atoms with E-state index in [1.807, 2.05) is 24.3 Å². The molecule has 5 aromatic rings. The number of Topliss-reactive ketones (excluding diaryl/α,β-unsaturated/α-hetero) is 1. The predicted octanol–water partition coefficient (Wildman–Crippen LogP) is 3.41. The van der Waals surface area contributed by atoms with Crippen LogP contribution in [-0.2, 0) is 12.6 Å². The number of rotatable bonds is 7. The topological polar surface area (TPSA) is 116 Å². The second-order valence-electron chi connectivity index (χ2n) is 9.82. The minimum atomic E-state index is -4.39. The molecule has 0 unspecified atom stereocenters. The normalized spacial score (nSPS) is 9.78. The third-order valence-electron chi connectivity index (χ3n) is 6.13. The predicted molar refractivity (Wildman–Crippen MR) is 188 cm³/mol. The molecule has 0 radical (unpaired) electrons. The van der Waals surface area contributed by atoms with Crippen LogP contribution < -0.4 is 67.1 Å². The van der Waals surface area contributed by atoms with E-state index < -0.39 is 11.7 Å². The number of aromatic nitrogens is 1. The van der Waals surface area contributed by atoms with Crippen LogP contribution in [-0.4, -0.2) is 21.1 Å². The van der Waals surface area contributed by atoms with E-state index in [2.05, 4.69) is 51.4 Å². The summed E-state index contributed by atoms with van der Waals surface area (Å²) in [6.07, 6.45) is -3.68. The van der Waals surface area contributed by atoms with Gasteiger partial charge in [0, 0.05) is 28.6 Å².